The lowest BCUT2D eigenvalue weighted by atomic mass is 10.1. The number of aromatic nitrogens is 1. The van der Waals surface area contributed by atoms with Gasteiger partial charge in [-0.3, -0.25) is 4.79 Å². The summed E-state index contributed by atoms with van der Waals surface area (Å²) >= 11 is 3.24. The Morgan fingerprint density at radius 1 is 1.24 bits per heavy atom. The summed E-state index contributed by atoms with van der Waals surface area (Å²) in [6.45, 7) is 9.35. The van der Waals surface area contributed by atoms with Crippen LogP contribution in [0.15, 0.2) is 16.7 Å². The number of nitrogens with one attached hydrogen (secondary N) is 1. The fourth-order valence-electron chi connectivity index (χ4n) is 1.94. The van der Waals surface area contributed by atoms with Gasteiger partial charge in [-0.2, -0.15) is 0 Å². The molecule has 21 heavy (non-hydrogen) atoms. The molecule has 0 fully saturated rings. The molecule has 0 bridgehead atoms. The molecule has 0 aromatic carbocycles. The van der Waals surface area contributed by atoms with Crippen molar-refractivity contribution in [2.45, 2.75) is 27.7 Å². The van der Waals surface area contributed by atoms with Crippen LogP contribution in [-0.2, 0) is 9.53 Å². The van der Waals surface area contributed by atoms with Crippen molar-refractivity contribution < 1.29 is 14.3 Å². The Morgan fingerprint density at radius 3 is 2.24 bits per heavy atom. The first-order valence-electron chi connectivity index (χ1n) is 7.08. The predicted octanol–water partition coefficient (Wildman–Crippen LogP) is 3.07. The van der Waals surface area contributed by atoms with Crippen molar-refractivity contribution in [3.63, 3.8) is 0 Å². The first-order valence-corrected chi connectivity index (χ1v) is 7.87. The monoisotopic (exact) mass is 358 g/mol. The molecule has 0 atom stereocenters. The molecule has 1 heterocycles. The van der Waals surface area contributed by atoms with Crippen LogP contribution < -0.4 is 0 Å². The number of halogens is 1. The van der Waals surface area contributed by atoms with Gasteiger partial charge in [-0.15, -0.1) is 0 Å². The Kier molecular flexibility index (Phi) is 6.95. The second kappa shape index (κ2) is 8.22. The van der Waals surface area contributed by atoms with Gasteiger partial charge in [0.2, 0.25) is 0 Å². The van der Waals surface area contributed by atoms with Crippen molar-refractivity contribution in [2.75, 3.05) is 19.7 Å². The van der Waals surface area contributed by atoms with E-state index in [0.29, 0.717) is 30.6 Å². The fraction of sp³-hybridized carbons (Fsp3) is 0.600. The van der Waals surface area contributed by atoms with E-state index in [2.05, 4.69) is 48.6 Å². The van der Waals surface area contributed by atoms with E-state index in [-0.39, 0.29) is 12.5 Å². The zero-order valence-corrected chi connectivity index (χ0v) is 14.6. The third-order valence-corrected chi connectivity index (χ3v) is 3.18. The highest BCUT2D eigenvalue weighted by atomic mass is 79.9. The Bertz CT molecular complexity index is 473. The van der Waals surface area contributed by atoms with Gasteiger partial charge in [0.1, 0.15) is 5.69 Å². The van der Waals surface area contributed by atoms with Gasteiger partial charge in [0.15, 0.2) is 6.61 Å². The van der Waals surface area contributed by atoms with Crippen LogP contribution in [-0.4, -0.2) is 41.5 Å². The van der Waals surface area contributed by atoms with E-state index in [1.807, 2.05) is 0 Å². The molecule has 0 spiro atoms. The molecule has 0 radical (unpaired) electrons. The normalized spacial score (nSPS) is 11.0. The van der Waals surface area contributed by atoms with Crippen LogP contribution in [0.3, 0.4) is 0 Å². The molecule has 118 valence electrons. The first kappa shape index (κ1) is 17.8. The molecule has 0 aliphatic rings. The Balaban J connectivity index is 2.54. The highest BCUT2D eigenvalue weighted by molar-refractivity contribution is 9.10. The largest absolute Gasteiger partial charge is 0.451 e. The molecule has 1 aromatic heterocycles. The number of carbonyl (C=O) groups is 2. The molecule has 1 N–H and O–H groups in total. The first-order chi connectivity index (χ1) is 9.79. The number of nitrogens with zero attached hydrogens (tertiary/aromatic N) is 1. The Hall–Kier alpha value is -1.30. The molecule has 1 amide bonds. The molecule has 1 rings (SSSR count). The molecule has 0 aliphatic heterocycles. The number of H-pyrrole nitrogens is 1. The van der Waals surface area contributed by atoms with E-state index in [1.165, 1.54) is 0 Å². The molecule has 0 saturated carbocycles. The number of ether oxygens (including phenoxy) is 1. The molecule has 0 aliphatic carbocycles. The van der Waals surface area contributed by atoms with Crippen molar-refractivity contribution in [3.8, 4) is 0 Å². The minimum atomic E-state index is -0.525. The van der Waals surface area contributed by atoms with E-state index in [0.717, 1.165) is 4.47 Å². The second-order valence-electron chi connectivity index (χ2n) is 5.89. The molecular weight excluding hydrogens is 336 g/mol. The fourth-order valence-corrected chi connectivity index (χ4v) is 2.29. The molecule has 6 heteroatoms. The third kappa shape index (κ3) is 6.33. The van der Waals surface area contributed by atoms with E-state index >= 15 is 0 Å². The number of carbonyl (C=O) groups excluding carboxylic acids is 2. The highest BCUT2D eigenvalue weighted by Gasteiger charge is 2.19. The topological polar surface area (TPSA) is 62.4 Å². The van der Waals surface area contributed by atoms with Crippen LogP contribution in [0.5, 0.6) is 0 Å². The van der Waals surface area contributed by atoms with E-state index in [4.69, 9.17) is 4.74 Å². The van der Waals surface area contributed by atoms with Crippen molar-refractivity contribution >= 4 is 27.8 Å². The van der Waals surface area contributed by atoms with E-state index in [1.54, 1.807) is 17.2 Å². The Morgan fingerprint density at radius 2 is 1.81 bits per heavy atom. The van der Waals surface area contributed by atoms with Crippen molar-refractivity contribution in [2.24, 2.45) is 11.8 Å². The maximum Gasteiger partial charge on any atom is 0.355 e. The lowest BCUT2D eigenvalue weighted by Crippen LogP contribution is -2.39. The number of rotatable bonds is 7. The van der Waals surface area contributed by atoms with E-state index < -0.39 is 5.97 Å². The maximum absolute atomic E-state index is 12.2. The minimum absolute atomic E-state index is 0.156. The molecule has 0 saturated heterocycles. The summed E-state index contributed by atoms with van der Waals surface area (Å²) in [5.41, 5.74) is 0.328. The summed E-state index contributed by atoms with van der Waals surface area (Å²) in [5.74, 6) is 0.0741. The van der Waals surface area contributed by atoms with Crippen LogP contribution >= 0.6 is 15.9 Å². The van der Waals surface area contributed by atoms with Gasteiger partial charge in [-0.1, -0.05) is 27.7 Å². The van der Waals surface area contributed by atoms with Gasteiger partial charge in [-0.05, 0) is 33.8 Å². The number of hydrogen-bond donors (Lipinski definition) is 1. The van der Waals surface area contributed by atoms with Gasteiger partial charge in [-0.25, -0.2) is 4.79 Å². The number of aromatic amines is 1. The quantitative estimate of drug-likeness (QED) is 0.761. The van der Waals surface area contributed by atoms with Crippen molar-refractivity contribution in [1.29, 1.82) is 0 Å². The molecule has 5 nitrogen and oxygen atoms in total. The molecule has 0 unspecified atom stereocenters. The zero-order chi connectivity index (χ0) is 16.0. The SMILES string of the molecule is CC(C)CN(CC(C)C)C(=O)COC(=O)c1cc(Br)c[nH]1. The van der Waals surface area contributed by atoms with Crippen LogP contribution in [0.1, 0.15) is 38.2 Å². The van der Waals surface area contributed by atoms with Crippen molar-refractivity contribution in [3.05, 3.63) is 22.4 Å². The molecule has 1 aromatic rings. The summed E-state index contributed by atoms with van der Waals surface area (Å²) in [6.07, 6.45) is 1.64. The Labute approximate surface area is 134 Å². The second-order valence-corrected chi connectivity index (χ2v) is 6.81. The highest BCUT2D eigenvalue weighted by Crippen LogP contribution is 2.11. The standard InChI is InChI=1S/C15H23BrN2O3/c1-10(2)7-18(8-11(3)4)14(19)9-21-15(20)13-5-12(16)6-17-13/h5-6,10-11,17H,7-9H2,1-4H3. The van der Waals surface area contributed by atoms with Crippen LogP contribution in [0, 0.1) is 11.8 Å². The molecular formula is C15H23BrN2O3. The van der Waals surface area contributed by atoms with Crippen LogP contribution in [0.25, 0.3) is 0 Å². The summed E-state index contributed by atoms with van der Waals surface area (Å²) in [4.78, 5) is 28.5. The summed E-state index contributed by atoms with van der Waals surface area (Å²) in [5, 5.41) is 0. The van der Waals surface area contributed by atoms with Gasteiger partial charge < -0.3 is 14.6 Å². The average molecular weight is 359 g/mol. The van der Waals surface area contributed by atoms with Gasteiger partial charge in [0.05, 0.1) is 0 Å². The number of esters is 1. The van der Waals surface area contributed by atoms with Crippen LogP contribution in [0.2, 0.25) is 0 Å². The summed E-state index contributed by atoms with van der Waals surface area (Å²) in [6, 6.07) is 1.62. The summed E-state index contributed by atoms with van der Waals surface area (Å²) in [7, 11) is 0. The lowest BCUT2D eigenvalue weighted by molar-refractivity contribution is -0.135. The van der Waals surface area contributed by atoms with E-state index in [9.17, 15) is 9.59 Å². The maximum atomic E-state index is 12.2. The lowest BCUT2D eigenvalue weighted by Gasteiger charge is -2.26. The zero-order valence-electron chi connectivity index (χ0n) is 13.0. The number of hydrogen-bond acceptors (Lipinski definition) is 3. The minimum Gasteiger partial charge on any atom is -0.451 e. The third-order valence-electron chi connectivity index (χ3n) is 2.72. The van der Waals surface area contributed by atoms with Crippen molar-refractivity contribution in [1.82, 2.24) is 9.88 Å². The number of amides is 1. The average Bonchev–Trinajstić information content (AvgIpc) is 2.80. The van der Waals surface area contributed by atoms with Gasteiger partial charge in [0, 0.05) is 23.8 Å². The summed E-state index contributed by atoms with van der Waals surface area (Å²) < 4.78 is 5.83. The smallest absolute Gasteiger partial charge is 0.355 e. The van der Waals surface area contributed by atoms with Gasteiger partial charge >= 0.3 is 5.97 Å². The van der Waals surface area contributed by atoms with Gasteiger partial charge in [0.25, 0.3) is 5.91 Å². The predicted molar refractivity (Wildman–Crippen MR) is 85.0 cm³/mol. The van der Waals surface area contributed by atoms with Crippen LogP contribution in [0.4, 0.5) is 0 Å².